The first-order valence-electron chi connectivity index (χ1n) is 9.32. The number of nitrogens with zero attached hydrogens (tertiary/aromatic N) is 1. The SMILES string of the molecule is COc1cccc2[nH]c(-c3ccccc3)c(CCN3CCCCC3)c12. The Morgan fingerprint density at radius 3 is 2.52 bits per heavy atom. The van der Waals surface area contributed by atoms with E-state index in [1.54, 1.807) is 7.11 Å². The minimum atomic E-state index is 0.963. The van der Waals surface area contributed by atoms with Crippen molar-refractivity contribution >= 4 is 10.9 Å². The molecule has 1 aromatic heterocycles. The fourth-order valence-electron chi connectivity index (χ4n) is 4.01. The molecule has 25 heavy (non-hydrogen) atoms. The summed E-state index contributed by atoms with van der Waals surface area (Å²) >= 11 is 0. The summed E-state index contributed by atoms with van der Waals surface area (Å²) in [6.45, 7) is 3.59. The highest BCUT2D eigenvalue weighted by atomic mass is 16.5. The molecule has 1 fully saturated rings. The molecule has 1 aliphatic heterocycles. The molecule has 2 aromatic carbocycles. The van der Waals surface area contributed by atoms with Crippen molar-refractivity contribution in [2.24, 2.45) is 0 Å². The number of piperidine rings is 1. The van der Waals surface area contributed by atoms with E-state index >= 15 is 0 Å². The molecule has 0 atom stereocenters. The second-order valence-corrected chi connectivity index (χ2v) is 6.88. The summed E-state index contributed by atoms with van der Waals surface area (Å²) in [7, 11) is 1.76. The first-order chi connectivity index (χ1) is 12.4. The number of aromatic nitrogens is 1. The van der Waals surface area contributed by atoms with Gasteiger partial charge in [-0.05, 0) is 55.6 Å². The van der Waals surface area contributed by atoms with Crippen molar-refractivity contribution in [3.05, 3.63) is 54.1 Å². The zero-order chi connectivity index (χ0) is 17.1. The fourth-order valence-corrected chi connectivity index (χ4v) is 4.01. The number of rotatable bonds is 5. The largest absolute Gasteiger partial charge is 0.496 e. The van der Waals surface area contributed by atoms with Crippen LogP contribution in [0, 0.1) is 0 Å². The Bertz CT molecular complexity index is 832. The molecular weight excluding hydrogens is 308 g/mol. The van der Waals surface area contributed by atoms with Gasteiger partial charge in [-0.3, -0.25) is 0 Å². The van der Waals surface area contributed by atoms with E-state index < -0.39 is 0 Å². The number of aromatic amines is 1. The van der Waals surface area contributed by atoms with Crippen LogP contribution < -0.4 is 4.74 Å². The van der Waals surface area contributed by atoms with Gasteiger partial charge >= 0.3 is 0 Å². The topological polar surface area (TPSA) is 28.3 Å². The highest BCUT2D eigenvalue weighted by Gasteiger charge is 2.18. The average molecular weight is 334 g/mol. The van der Waals surface area contributed by atoms with Crippen molar-refractivity contribution in [2.45, 2.75) is 25.7 Å². The van der Waals surface area contributed by atoms with Crippen LogP contribution in [0.2, 0.25) is 0 Å². The third kappa shape index (κ3) is 3.29. The van der Waals surface area contributed by atoms with Gasteiger partial charge in [0.2, 0.25) is 0 Å². The van der Waals surface area contributed by atoms with Crippen LogP contribution in [0.25, 0.3) is 22.2 Å². The number of nitrogens with one attached hydrogen (secondary N) is 1. The van der Waals surface area contributed by atoms with E-state index in [-0.39, 0.29) is 0 Å². The minimum absolute atomic E-state index is 0.963. The van der Waals surface area contributed by atoms with Crippen molar-refractivity contribution in [3.8, 4) is 17.0 Å². The van der Waals surface area contributed by atoms with E-state index in [2.05, 4.69) is 58.4 Å². The maximum Gasteiger partial charge on any atom is 0.128 e. The highest BCUT2D eigenvalue weighted by molar-refractivity contribution is 5.95. The lowest BCUT2D eigenvalue weighted by atomic mass is 10.0. The van der Waals surface area contributed by atoms with E-state index in [0.29, 0.717) is 0 Å². The average Bonchev–Trinajstić information content (AvgIpc) is 3.06. The van der Waals surface area contributed by atoms with E-state index in [4.69, 9.17) is 4.74 Å². The predicted octanol–water partition coefficient (Wildman–Crippen LogP) is 4.87. The Balaban J connectivity index is 1.75. The lowest BCUT2D eigenvalue weighted by Crippen LogP contribution is -2.31. The first-order valence-corrected chi connectivity index (χ1v) is 9.32. The summed E-state index contributed by atoms with van der Waals surface area (Å²) in [5.41, 5.74) is 5.02. The zero-order valence-corrected chi connectivity index (χ0v) is 14.9. The van der Waals surface area contributed by atoms with Crippen molar-refractivity contribution in [2.75, 3.05) is 26.7 Å². The van der Waals surface area contributed by atoms with Gasteiger partial charge in [0.1, 0.15) is 5.75 Å². The number of ether oxygens (including phenoxy) is 1. The van der Waals surface area contributed by atoms with Gasteiger partial charge in [0.25, 0.3) is 0 Å². The normalized spacial score (nSPS) is 15.6. The van der Waals surface area contributed by atoms with Crippen molar-refractivity contribution in [3.63, 3.8) is 0 Å². The molecule has 1 saturated heterocycles. The van der Waals surface area contributed by atoms with Crippen LogP contribution in [0.15, 0.2) is 48.5 Å². The van der Waals surface area contributed by atoms with Gasteiger partial charge in [-0.25, -0.2) is 0 Å². The van der Waals surface area contributed by atoms with E-state index in [0.717, 1.165) is 24.2 Å². The summed E-state index contributed by atoms with van der Waals surface area (Å²) < 4.78 is 5.68. The van der Waals surface area contributed by atoms with Crippen LogP contribution in [0.5, 0.6) is 5.75 Å². The number of hydrogen-bond acceptors (Lipinski definition) is 2. The van der Waals surface area contributed by atoms with Gasteiger partial charge in [-0.1, -0.05) is 42.8 Å². The summed E-state index contributed by atoms with van der Waals surface area (Å²) in [6, 6.07) is 16.9. The molecule has 4 rings (SSSR count). The molecular formula is C22H26N2O. The lowest BCUT2D eigenvalue weighted by Gasteiger charge is -2.26. The molecule has 0 aliphatic carbocycles. The molecule has 3 aromatic rings. The molecule has 3 heteroatoms. The smallest absolute Gasteiger partial charge is 0.128 e. The number of H-pyrrole nitrogens is 1. The minimum Gasteiger partial charge on any atom is -0.496 e. The van der Waals surface area contributed by atoms with Gasteiger partial charge in [-0.2, -0.15) is 0 Å². The van der Waals surface area contributed by atoms with E-state index in [9.17, 15) is 0 Å². The number of benzene rings is 2. The van der Waals surface area contributed by atoms with E-state index in [1.807, 2.05) is 0 Å². The molecule has 0 radical (unpaired) electrons. The molecule has 0 amide bonds. The second kappa shape index (κ2) is 7.32. The van der Waals surface area contributed by atoms with Gasteiger partial charge in [0, 0.05) is 23.1 Å². The quantitative estimate of drug-likeness (QED) is 0.721. The maximum atomic E-state index is 5.68. The Morgan fingerprint density at radius 1 is 0.960 bits per heavy atom. The number of hydrogen-bond donors (Lipinski definition) is 1. The number of methoxy groups -OCH3 is 1. The van der Waals surface area contributed by atoms with Gasteiger partial charge < -0.3 is 14.6 Å². The first kappa shape index (κ1) is 16.2. The second-order valence-electron chi connectivity index (χ2n) is 6.88. The molecule has 0 spiro atoms. The van der Waals surface area contributed by atoms with Crippen LogP contribution in [0.3, 0.4) is 0 Å². The van der Waals surface area contributed by atoms with Crippen LogP contribution >= 0.6 is 0 Å². The Morgan fingerprint density at radius 2 is 1.76 bits per heavy atom. The molecule has 130 valence electrons. The standard InChI is InChI=1S/C22H26N2O/c1-25-20-12-8-11-19-21(20)18(13-16-24-14-6-3-7-15-24)22(23-19)17-9-4-2-5-10-17/h2,4-5,8-12,23H,3,6-7,13-16H2,1H3. The van der Waals surface area contributed by atoms with Crippen molar-refractivity contribution in [1.29, 1.82) is 0 Å². The van der Waals surface area contributed by atoms with Crippen LogP contribution in [0.1, 0.15) is 24.8 Å². The van der Waals surface area contributed by atoms with E-state index in [1.165, 1.54) is 54.6 Å². The van der Waals surface area contributed by atoms with Crippen molar-refractivity contribution in [1.82, 2.24) is 9.88 Å². The number of fused-ring (bicyclic) bond motifs is 1. The van der Waals surface area contributed by atoms with Gasteiger partial charge in [-0.15, -0.1) is 0 Å². The Labute approximate surface area is 149 Å². The summed E-state index contributed by atoms with van der Waals surface area (Å²) in [6.07, 6.45) is 5.10. The zero-order valence-electron chi connectivity index (χ0n) is 14.9. The molecule has 0 saturated carbocycles. The van der Waals surface area contributed by atoms with Crippen LogP contribution in [-0.2, 0) is 6.42 Å². The molecule has 2 heterocycles. The summed E-state index contributed by atoms with van der Waals surface area (Å²) in [4.78, 5) is 6.25. The summed E-state index contributed by atoms with van der Waals surface area (Å²) in [5.74, 6) is 0.963. The Hall–Kier alpha value is -2.26. The predicted molar refractivity (Wildman–Crippen MR) is 104 cm³/mol. The molecule has 0 unspecified atom stereocenters. The monoisotopic (exact) mass is 334 g/mol. The van der Waals surface area contributed by atoms with Crippen LogP contribution in [0.4, 0.5) is 0 Å². The maximum absolute atomic E-state index is 5.68. The molecule has 3 nitrogen and oxygen atoms in total. The Kier molecular flexibility index (Phi) is 4.75. The highest BCUT2D eigenvalue weighted by Crippen LogP contribution is 2.36. The molecule has 1 N–H and O–H groups in total. The number of likely N-dealkylation sites (tertiary alicyclic amines) is 1. The van der Waals surface area contributed by atoms with Gasteiger partial charge in [0.15, 0.2) is 0 Å². The molecule has 0 bridgehead atoms. The lowest BCUT2D eigenvalue weighted by molar-refractivity contribution is 0.231. The summed E-state index contributed by atoms with van der Waals surface area (Å²) in [5, 5.41) is 1.24. The van der Waals surface area contributed by atoms with Crippen molar-refractivity contribution < 1.29 is 4.74 Å². The molecule has 1 aliphatic rings. The van der Waals surface area contributed by atoms with Crippen LogP contribution in [-0.4, -0.2) is 36.6 Å². The third-order valence-corrected chi connectivity index (χ3v) is 5.30. The third-order valence-electron chi connectivity index (χ3n) is 5.30. The van der Waals surface area contributed by atoms with Gasteiger partial charge in [0.05, 0.1) is 7.11 Å². The fraction of sp³-hybridized carbons (Fsp3) is 0.364.